The molecule has 2 N–H and O–H groups in total. The molecule has 0 atom stereocenters. The van der Waals surface area contributed by atoms with Crippen LogP contribution in [0.2, 0.25) is 0 Å². The summed E-state index contributed by atoms with van der Waals surface area (Å²) in [5.41, 5.74) is 1.79. The van der Waals surface area contributed by atoms with Crippen LogP contribution < -0.4 is 15.4 Å². The molecule has 0 bridgehead atoms. The molecule has 1 aromatic heterocycles. The fourth-order valence-corrected chi connectivity index (χ4v) is 2.07. The fourth-order valence-electron chi connectivity index (χ4n) is 2.07. The lowest BCUT2D eigenvalue weighted by Gasteiger charge is -2.13. The van der Waals surface area contributed by atoms with Crippen molar-refractivity contribution in [2.45, 2.75) is 25.7 Å². The van der Waals surface area contributed by atoms with E-state index in [2.05, 4.69) is 20.6 Å². The third-order valence-electron chi connectivity index (χ3n) is 3.42. The molecule has 8 heteroatoms. The number of halogens is 3. The Morgan fingerprint density at radius 1 is 1.12 bits per heavy atom. The van der Waals surface area contributed by atoms with Crippen LogP contribution >= 0.6 is 0 Å². The highest BCUT2D eigenvalue weighted by molar-refractivity contribution is 5.79. The van der Waals surface area contributed by atoms with Gasteiger partial charge in [-0.05, 0) is 29.8 Å². The monoisotopic (exact) mass is 366 g/mol. The normalized spacial score (nSPS) is 11.9. The van der Waals surface area contributed by atoms with Crippen molar-refractivity contribution in [2.24, 2.45) is 4.99 Å². The molecule has 0 saturated carbocycles. The van der Waals surface area contributed by atoms with E-state index in [0.29, 0.717) is 24.9 Å². The predicted molar refractivity (Wildman–Crippen MR) is 93.9 cm³/mol. The standard InChI is InChI=1S/C18H21F3N4O/c1-22-17(24-11-9-18(19,20)21)25-12-14-5-7-16(8-6-14)26-13-15-4-2-3-10-23-15/h2-8,10H,9,11-13H2,1H3,(H2,22,24,25). The number of benzene rings is 1. The molecule has 1 aromatic carbocycles. The van der Waals surface area contributed by atoms with Crippen LogP contribution in [0.3, 0.4) is 0 Å². The van der Waals surface area contributed by atoms with Gasteiger partial charge in [0.15, 0.2) is 5.96 Å². The van der Waals surface area contributed by atoms with Gasteiger partial charge in [-0.25, -0.2) is 0 Å². The van der Waals surface area contributed by atoms with Gasteiger partial charge in [0.1, 0.15) is 12.4 Å². The number of pyridine rings is 1. The van der Waals surface area contributed by atoms with E-state index >= 15 is 0 Å². The second-order valence-corrected chi connectivity index (χ2v) is 5.47. The fraction of sp³-hybridized carbons (Fsp3) is 0.333. The van der Waals surface area contributed by atoms with Crippen LogP contribution in [0.15, 0.2) is 53.7 Å². The summed E-state index contributed by atoms with van der Waals surface area (Å²) < 4.78 is 42.1. The zero-order chi connectivity index (χ0) is 18.8. The van der Waals surface area contributed by atoms with Gasteiger partial charge in [-0.15, -0.1) is 0 Å². The van der Waals surface area contributed by atoms with Crippen molar-refractivity contribution in [3.63, 3.8) is 0 Å². The molecule has 26 heavy (non-hydrogen) atoms. The first kappa shape index (κ1) is 19.6. The Bertz CT molecular complexity index is 688. The maximum absolute atomic E-state index is 12.2. The number of nitrogens with zero attached hydrogens (tertiary/aromatic N) is 2. The van der Waals surface area contributed by atoms with Gasteiger partial charge < -0.3 is 15.4 Å². The van der Waals surface area contributed by atoms with Crippen LogP contribution in [0, 0.1) is 0 Å². The minimum absolute atomic E-state index is 0.219. The molecule has 140 valence electrons. The molecular weight excluding hydrogens is 345 g/mol. The minimum atomic E-state index is -4.18. The predicted octanol–water partition coefficient (Wildman–Crippen LogP) is 3.28. The highest BCUT2D eigenvalue weighted by atomic mass is 19.4. The first-order valence-electron chi connectivity index (χ1n) is 8.09. The highest BCUT2D eigenvalue weighted by Crippen LogP contribution is 2.18. The van der Waals surface area contributed by atoms with Crippen molar-refractivity contribution in [1.29, 1.82) is 0 Å². The van der Waals surface area contributed by atoms with E-state index in [1.165, 1.54) is 7.05 Å². The minimum Gasteiger partial charge on any atom is -0.487 e. The average Bonchev–Trinajstić information content (AvgIpc) is 2.63. The van der Waals surface area contributed by atoms with E-state index in [-0.39, 0.29) is 6.54 Å². The van der Waals surface area contributed by atoms with E-state index in [0.717, 1.165) is 11.3 Å². The molecular formula is C18H21F3N4O. The molecule has 2 aromatic rings. The molecule has 0 saturated heterocycles. The third-order valence-corrected chi connectivity index (χ3v) is 3.42. The second kappa shape index (κ2) is 9.65. The number of guanidine groups is 1. The lowest BCUT2D eigenvalue weighted by atomic mass is 10.2. The molecule has 0 aliphatic rings. The Labute approximate surface area is 150 Å². The Morgan fingerprint density at radius 3 is 2.50 bits per heavy atom. The SMILES string of the molecule is CN=C(NCCC(F)(F)F)NCc1ccc(OCc2ccccn2)cc1. The quantitative estimate of drug-likeness (QED) is 0.583. The molecule has 0 amide bonds. The Morgan fingerprint density at radius 2 is 1.88 bits per heavy atom. The Balaban J connectivity index is 1.75. The van der Waals surface area contributed by atoms with E-state index < -0.39 is 12.6 Å². The third kappa shape index (κ3) is 7.42. The summed E-state index contributed by atoms with van der Waals surface area (Å²) in [5, 5.41) is 5.60. The van der Waals surface area contributed by atoms with Crippen LogP contribution in [0.1, 0.15) is 17.7 Å². The van der Waals surface area contributed by atoms with Gasteiger partial charge in [0, 0.05) is 26.3 Å². The summed E-state index contributed by atoms with van der Waals surface area (Å²) in [5.74, 6) is 1.04. The smallest absolute Gasteiger partial charge is 0.390 e. The summed E-state index contributed by atoms with van der Waals surface area (Å²) in [7, 11) is 1.51. The van der Waals surface area contributed by atoms with Crippen LogP contribution in [-0.4, -0.2) is 30.7 Å². The van der Waals surface area contributed by atoms with Crippen molar-refractivity contribution in [3.8, 4) is 5.75 Å². The van der Waals surface area contributed by atoms with Crippen LogP contribution in [-0.2, 0) is 13.2 Å². The first-order chi connectivity index (χ1) is 12.5. The van der Waals surface area contributed by atoms with Crippen molar-refractivity contribution >= 4 is 5.96 Å². The number of nitrogens with one attached hydrogen (secondary N) is 2. The van der Waals surface area contributed by atoms with Crippen molar-refractivity contribution in [2.75, 3.05) is 13.6 Å². The molecule has 0 unspecified atom stereocenters. The van der Waals surface area contributed by atoms with Gasteiger partial charge in [0.25, 0.3) is 0 Å². The summed E-state index contributed by atoms with van der Waals surface area (Å²) in [6.45, 7) is 0.601. The van der Waals surface area contributed by atoms with Gasteiger partial charge in [-0.1, -0.05) is 18.2 Å². The Hall–Kier alpha value is -2.77. The molecule has 0 spiro atoms. The Kier molecular flexibility index (Phi) is 7.25. The van der Waals surface area contributed by atoms with Crippen LogP contribution in [0.5, 0.6) is 5.75 Å². The molecule has 2 rings (SSSR count). The largest absolute Gasteiger partial charge is 0.487 e. The highest BCUT2D eigenvalue weighted by Gasteiger charge is 2.26. The number of aromatic nitrogens is 1. The van der Waals surface area contributed by atoms with Gasteiger partial charge in [0.2, 0.25) is 0 Å². The zero-order valence-corrected chi connectivity index (χ0v) is 14.4. The van der Waals surface area contributed by atoms with Gasteiger partial charge in [-0.2, -0.15) is 13.2 Å². The van der Waals surface area contributed by atoms with E-state index in [1.54, 1.807) is 6.20 Å². The second-order valence-electron chi connectivity index (χ2n) is 5.47. The lowest BCUT2D eigenvalue weighted by molar-refractivity contribution is -0.132. The number of hydrogen-bond donors (Lipinski definition) is 2. The van der Waals surface area contributed by atoms with E-state index in [4.69, 9.17) is 4.74 Å². The van der Waals surface area contributed by atoms with E-state index in [9.17, 15) is 13.2 Å². The molecule has 5 nitrogen and oxygen atoms in total. The van der Waals surface area contributed by atoms with Crippen molar-refractivity contribution in [3.05, 3.63) is 59.9 Å². The number of ether oxygens (including phenoxy) is 1. The van der Waals surface area contributed by atoms with Crippen LogP contribution in [0.25, 0.3) is 0 Å². The van der Waals surface area contributed by atoms with Gasteiger partial charge >= 0.3 is 6.18 Å². The topological polar surface area (TPSA) is 58.5 Å². The number of aliphatic imine (C=N–C) groups is 1. The summed E-state index contributed by atoms with van der Waals surface area (Å²) in [6, 6.07) is 13.1. The summed E-state index contributed by atoms with van der Waals surface area (Å²) >= 11 is 0. The van der Waals surface area contributed by atoms with Gasteiger partial charge in [-0.3, -0.25) is 9.98 Å². The number of alkyl halides is 3. The number of hydrogen-bond acceptors (Lipinski definition) is 3. The average molecular weight is 366 g/mol. The molecule has 0 aliphatic heterocycles. The van der Waals surface area contributed by atoms with E-state index in [1.807, 2.05) is 42.5 Å². The molecule has 0 fully saturated rings. The first-order valence-corrected chi connectivity index (χ1v) is 8.09. The zero-order valence-electron chi connectivity index (χ0n) is 14.4. The number of rotatable bonds is 7. The maximum atomic E-state index is 12.2. The maximum Gasteiger partial charge on any atom is 0.390 e. The molecule has 0 radical (unpaired) electrons. The molecule has 0 aliphatic carbocycles. The molecule has 1 heterocycles. The van der Waals surface area contributed by atoms with Crippen LogP contribution in [0.4, 0.5) is 13.2 Å². The van der Waals surface area contributed by atoms with Crippen molar-refractivity contribution < 1.29 is 17.9 Å². The van der Waals surface area contributed by atoms with Gasteiger partial charge in [0.05, 0.1) is 12.1 Å². The summed E-state index contributed by atoms with van der Waals surface area (Å²) in [4.78, 5) is 8.08. The summed E-state index contributed by atoms with van der Waals surface area (Å²) in [6.07, 6.45) is -3.38. The lowest BCUT2D eigenvalue weighted by Crippen LogP contribution is -2.38. The van der Waals surface area contributed by atoms with Crippen molar-refractivity contribution in [1.82, 2.24) is 15.6 Å².